The summed E-state index contributed by atoms with van der Waals surface area (Å²) in [5.41, 5.74) is 1.40. The van der Waals surface area contributed by atoms with Crippen molar-refractivity contribution in [2.24, 2.45) is 0 Å². The Hall–Kier alpha value is -2.67. The number of thioether (sulfide) groups is 1. The summed E-state index contributed by atoms with van der Waals surface area (Å²) in [5.74, 6) is -0.548. The summed E-state index contributed by atoms with van der Waals surface area (Å²) in [6, 6.07) is 15.4. The van der Waals surface area contributed by atoms with Gasteiger partial charge in [0.15, 0.2) is 5.16 Å². The normalized spacial score (nSPS) is 12.2. The second-order valence-electron chi connectivity index (χ2n) is 6.02. The van der Waals surface area contributed by atoms with Crippen molar-refractivity contribution >= 4 is 23.4 Å². The molecule has 134 valence electrons. The van der Waals surface area contributed by atoms with E-state index in [4.69, 9.17) is 0 Å². The van der Waals surface area contributed by atoms with Crippen LogP contribution in [0.3, 0.4) is 0 Å². The molecular weight excluding hydrogens is 351 g/mol. The van der Waals surface area contributed by atoms with Crippen molar-refractivity contribution in [3.8, 4) is 0 Å². The van der Waals surface area contributed by atoms with Gasteiger partial charge in [0.1, 0.15) is 17.4 Å². The first-order valence-corrected chi connectivity index (χ1v) is 9.10. The van der Waals surface area contributed by atoms with Gasteiger partial charge >= 0.3 is 0 Å². The van der Waals surface area contributed by atoms with Crippen LogP contribution >= 0.6 is 11.8 Å². The van der Waals surface area contributed by atoms with Crippen molar-refractivity contribution in [2.75, 3.05) is 5.32 Å². The van der Waals surface area contributed by atoms with Gasteiger partial charge in [0, 0.05) is 11.7 Å². The van der Waals surface area contributed by atoms with Gasteiger partial charge in [-0.05, 0) is 43.7 Å². The average Bonchev–Trinajstić information content (AvgIpc) is 3.11. The minimum atomic E-state index is -0.511. The van der Waals surface area contributed by atoms with Crippen molar-refractivity contribution in [2.45, 2.75) is 30.3 Å². The van der Waals surface area contributed by atoms with Gasteiger partial charge in [-0.25, -0.2) is 4.39 Å². The maximum absolute atomic E-state index is 13.1. The lowest BCUT2D eigenvalue weighted by atomic mass is 10.1. The second-order valence-corrected chi connectivity index (χ2v) is 7.09. The number of anilines is 1. The standard InChI is InChI=1S/C19H19FN4OS/c1-13(2)24-12-21-23-19(24)26-17(14-6-4-3-5-7-14)18(25)22-16-10-8-15(20)9-11-16/h3-13,17H,1-2H3,(H,22,25). The molecule has 1 atom stereocenters. The van der Waals surface area contributed by atoms with Crippen LogP contribution in [0.5, 0.6) is 0 Å². The Morgan fingerprint density at radius 2 is 1.81 bits per heavy atom. The molecule has 26 heavy (non-hydrogen) atoms. The van der Waals surface area contributed by atoms with Crippen molar-refractivity contribution < 1.29 is 9.18 Å². The highest BCUT2D eigenvalue weighted by Crippen LogP contribution is 2.36. The molecular formula is C19H19FN4OS. The fraction of sp³-hybridized carbons (Fsp3) is 0.211. The van der Waals surface area contributed by atoms with E-state index in [0.717, 1.165) is 5.56 Å². The van der Waals surface area contributed by atoms with Crippen LogP contribution < -0.4 is 5.32 Å². The smallest absolute Gasteiger partial charge is 0.242 e. The van der Waals surface area contributed by atoms with Crippen LogP contribution in [-0.2, 0) is 4.79 Å². The number of carbonyl (C=O) groups excluding carboxylic acids is 1. The van der Waals surface area contributed by atoms with E-state index in [1.807, 2.05) is 48.7 Å². The highest BCUT2D eigenvalue weighted by Gasteiger charge is 2.25. The zero-order chi connectivity index (χ0) is 18.5. The maximum atomic E-state index is 13.1. The minimum absolute atomic E-state index is 0.184. The van der Waals surface area contributed by atoms with Crippen molar-refractivity contribution in [1.29, 1.82) is 0 Å². The molecule has 0 radical (unpaired) electrons. The number of nitrogens with one attached hydrogen (secondary N) is 1. The molecule has 3 rings (SSSR count). The summed E-state index contributed by atoms with van der Waals surface area (Å²) in [6.07, 6.45) is 1.66. The molecule has 0 saturated heterocycles. The third-order valence-corrected chi connectivity index (χ3v) is 5.00. The molecule has 0 aliphatic rings. The molecule has 1 amide bonds. The third kappa shape index (κ3) is 4.29. The molecule has 0 bridgehead atoms. The van der Waals surface area contributed by atoms with Crippen LogP contribution in [0, 0.1) is 5.82 Å². The van der Waals surface area contributed by atoms with Crippen LogP contribution in [0.1, 0.15) is 30.7 Å². The van der Waals surface area contributed by atoms with E-state index in [1.54, 1.807) is 6.33 Å². The Bertz CT molecular complexity index is 865. The SMILES string of the molecule is CC(C)n1cnnc1SC(C(=O)Nc1ccc(F)cc1)c1ccccc1. The molecule has 0 fully saturated rings. The summed E-state index contributed by atoms with van der Waals surface area (Å²) in [7, 11) is 0. The Morgan fingerprint density at radius 3 is 2.46 bits per heavy atom. The van der Waals surface area contributed by atoms with Gasteiger partial charge in [-0.15, -0.1) is 10.2 Å². The predicted octanol–water partition coefficient (Wildman–Crippen LogP) is 4.47. The predicted molar refractivity (Wildman–Crippen MR) is 100 cm³/mol. The molecule has 0 aliphatic heterocycles. The van der Waals surface area contributed by atoms with Crippen molar-refractivity contribution in [3.05, 3.63) is 72.3 Å². The average molecular weight is 370 g/mol. The Labute approximate surface area is 155 Å². The lowest BCUT2D eigenvalue weighted by Gasteiger charge is -2.18. The van der Waals surface area contributed by atoms with Crippen LogP contribution in [0.25, 0.3) is 0 Å². The van der Waals surface area contributed by atoms with Gasteiger partial charge in [-0.2, -0.15) is 0 Å². The van der Waals surface area contributed by atoms with E-state index >= 15 is 0 Å². The molecule has 0 spiro atoms. The van der Waals surface area contributed by atoms with E-state index in [0.29, 0.717) is 10.8 Å². The fourth-order valence-corrected chi connectivity index (χ4v) is 3.56. The van der Waals surface area contributed by atoms with Crippen molar-refractivity contribution in [1.82, 2.24) is 14.8 Å². The summed E-state index contributed by atoms with van der Waals surface area (Å²) < 4.78 is 15.0. The lowest BCUT2D eigenvalue weighted by molar-refractivity contribution is -0.115. The zero-order valence-electron chi connectivity index (χ0n) is 14.5. The first-order valence-electron chi connectivity index (χ1n) is 8.22. The molecule has 0 aliphatic carbocycles. The molecule has 0 saturated carbocycles. The number of hydrogen-bond donors (Lipinski definition) is 1. The summed E-state index contributed by atoms with van der Waals surface area (Å²) >= 11 is 1.34. The molecule has 3 aromatic rings. The summed E-state index contributed by atoms with van der Waals surface area (Å²) in [4.78, 5) is 12.9. The fourth-order valence-electron chi connectivity index (χ4n) is 2.42. The summed E-state index contributed by atoms with van der Waals surface area (Å²) in [6.45, 7) is 4.06. The number of amides is 1. The number of benzene rings is 2. The summed E-state index contributed by atoms with van der Waals surface area (Å²) in [5, 5.41) is 11.1. The van der Waals surface area contributed by atoms with Gasteiger partial charge in [0.2, 0.25) is 5.91 Å². The number of carbonyl (C=O) groups is 1. The zero-order valence-corrected chi connectivity index (χ0v) is 15.3. The topological polar surface area (TPSA) is 59.8 Å². The van der Waals surface area contributed by atoms with E-state index in [1.165, 1.54) is 36.0 Å². The van der Waals surface area contributed by atoms with Crippen LogP contribution in [0.4, 0.5) is 10.1 Å². The van der Waals surface area contributed by atoms with Gasteiger partial charge in [0.05, 0.1) is 0 Å². The number of nitrogens with zero attached hydrogens (tertiary/aromatic N) is 3. The second kappa shape index (κ2) is 8.14. The number of hydrogen-bond acceptors (Lipinski definition) is 4. The van der Waals surface area contributed by atoms with Crippen LogP contribution in [0.2, 0.25) is 0 Å². The molecule has 1 unspecified atom stereocenters. The molecule has 1 aromatic heterocycles. The van der Waals surface area contributed by atoms with Gasteiger partial charge in [-0.1, -0.05) is 42.1 Å². The van der Waals surface area contributed by atoms with E-state index in [9.17, 15) is 9.18 Å². The van der Waals surface area contributed by atoms with Gasteiger partial charge in [-0.3, -0.25) is 4.79 Å². The van der Waals surface area contributed by atoms with Gasteiger partial charge < -0.3 is 9.88 Å². The van der Waals surface area contributed by atoms with Crippen LogP contribution in [-0.4, -0.2) is 20.7 Å². The highest BCUT2D eigenvalue weighted by molar-refractivity contribution is 8.00. The Kier molecular flexibility index (Phi) is 5.68. The quantitative estimate of drug-likeness (QED) is 0.651. The lowest BCUT2D eigenvalue weighted by Crippen LogP contribution is -2.19. The van der Waals surface area contributed by atoms with E-state index < -0.39 is 5.25 Å². The first-order chi connectivity index (χ1) is 12.5. The van der Waals surface area contributed by atoms with Gasteiger partial charge in [0.25, 0.3) is 0 Å². The third-order valence-electron chi connectivity index (χ3n) is 3.77. The largest absolute Gasteiger partial charge is 0.325 e. The number of halogens is 1. The monoisotopic (exact) mass is 370 g/mol. The molecule has 2 aromatic carbocycles. The van der Waals surface area contributed by atoms with Crippen molar-refractivity contribution in [3.63, 3.8) is 0 Å². The first kappa shape index (κ1) is 18.1. The molecule has 5 nitrogen and oxygen atoms in total. The molecule has 1 heterocycles. The van der Waals surface area contributed by atoms with E-state index in [-0.39, 0.29) is 17.8 Å². The molecule has 1 N–H and O–H groups in total. The Morgan fingerprint density at radius 1 is 1.12 bits per heavy atom. The van der Waals surface area contributed by atoms with Crippen LogP contribution in [0.15, 0.2) is 66.1 Å². The number of rotatable bonds is 6. The Balaban J connectivity index is 1.87. The van der Waals surface area contributed by atoms with E-state index in [2.05, 4.69) is 15.5 Å². The molecule has 7 heteroatoms. The number of aromatic nitrogens is 3. The minimum Gasteiger partial charge on any atom is -0.325 e. The highest BCUT2D eigenvalue weighted by atomic mass is 32.2. The maximum Gasteiger partial charge on any atom is 0.242 e.